The van der Waals surface area contributed by atoms with Gasteiger partial charge < -0.3 is 10.4 Å². The third-order valence-electron chi connectivity index (χ3n) is 4.24. The first-order valence-electron chi connectivity index (χ1n) is 7.53. The van der Waals surface area contributed by atoms with Crippen LogP contribution < -0.4 is 5.32 Å². The molecule has 0 radical (unpaired) electrons. The van der Waals surface area contributed by atoms with Gasteiger partial charge in [0.2, 0.25) is 0 Å². The number of carboxylic acid groups (broad SMARTS) is 1. The summed E-state index contributed by atoms with van der Waals surface area (Å²) in [4.78, 5) is 27.6. The van der Waals surface area contributed by atoms with Crippen LogP contribution >= 0.6 is 0 Å². The van der Waals surface area contributed by atoms with Crippen LogP contribution in [0.3, 0.4) is 0 Å². The third-order valence-corrected chi connectivity index (χ3v) is 4.24. The predicted octanol–water partition coefficient (Wildman–Crippen LogP) is 2.61. The molecule has 1 saturated carbocycles. The van der Waals surface area contributed by atoms with Crippen molar-refractivity contribution in [1.29, 1.82) is 0 Å². The lowest BCUT2D eigenvalue weighted by molar-refractivity contribution is -0.142. The van der Waals surface area contributed by atoms with Crippen LogP contribution in [0, 0.1) is 5.92 Å². The third kappa shape index (κ3) is 3.08. The van der Waals surface area contributed by atoms with Crippen LogP contribution in [0.1, 0.15) is 36.2 Å². The van der Waals surface area contributed by atoms with E-state index in [0.717, 1.165) is 10.9 Å². The summed E-state index contributed by atoms with van der Waals surface area (Å²) in [6.07, 6.45) is 2.64. The Morgan fingerprint density at radius 1 is 1.05 bits per heavy atom. The number of pyridine rings is 1. The Kier molecular flexibility index (Phi) is 4.04. The molecule has 1 aromatic carbocycles. The Balaban J connectivity index is 1.65. The number of rotatable bonds is 3. The van der Waals surface area contributed by atoms with Crippen LogP contribution in [-0.2, 0) is 4.79 Å². The number of aliphatic carboxylic acids is 1. The zero-order valence-corrected chi connectivity index (χ0v) is 12.2. The number of benzene rings is 1. The van der Waals surface area contributed by atoms with Crippen LogP contribution in [0.15, 0.2) is 36.4 Å². The summed E-state index contributed by atoms with van der Waals surface area (Å²) in [5.74, 6) is -1.20. The monoisotopic (exact) mass is 298 g/mol. The molecule has 1 amide bonds. The second-order valence-electron chi connectivity index (χ2n) is 5.75. The molecule has 5 nitrogen and oxygen atoms in total. The summed E-state index contributed by atoms with van der Waals surface area (Å²) in [6.45, 7) is 0. The van der Waals surface area contributed by atoms with Gasteiger partial charge in [-0.25, -0.2) is 4.98 Å². The van der Waals surface area contributed by atoms with Crippen molar-refractivity contribution < 1.29 is 14.7 Å². The van der Waals surface area contributed by atoms with Gasteiger partial charge in [-0.2, -0.15) is 0 Å². The lowest BCUT2D eigenvalue weighted by atomic mass is 9.86. The first-order chi connectivity index (χ1) is 10.6. The smallest absolute Gasteiger partial charge is 0.306 e. The SMILES string of the molecule is O=C(NC1CCC(C(=O)O)CC1)c1ccc2ccccc2n1. The highest BCUT2D eigenvalue weighted by atomic mass is 16.4. The average Bonchev–Trinajstić information content (AvgIpc) is 2.55. The zero-order valence-electron chi connectivity index (χ0n) is 12.2. The molecule has 0 atom stereocenters. The Hall–Kier alpha value is -2.43. The van der Waals surface area contributed by atoms with Gasteiger partial charge in [0.05, 0.1) is 11.4 Å². The van der Waals surface area contributed by atoms with Crippen molar-refractivity contribution in [2.75, 3.05) is 0 Å². The number of carboxylic acids is 1. The number of nitrogens with zero attached hydrogens (tertiary/aromatic N) is 1. The van der Waals surface area contributed by atoms with E-state index in [1.54, 1.807) is 6.07 Å². The molecule has 1 aliphatic rings. The molecule has 0 spiro atoms. The highest BCUT2D eigenvalue weighted by Gasteiger charge is 2.27. The zero-order chi connectivity index (χ0) is 15.5. The summed E-state index contributed by atoms with van der Waals surface area (Å²) >= 11 is 0. The quantitative estimate of drug-likeness (QED) is 0.913. The van der Waals surface area contributed by atoms with Crippen molar-refractivity contribution in [2.24, 2.45) is 5.92 Å². The number of fused-ring (bicyclic) bond motifs is 1. The average molecular weight is 298 g/mol. The molecule has 3 rings (SSSR count). The number of hydrogen-bond acceptors (Lipinski definition) is 3. The molecule has 1 aromatic heterocycles. The Labute approximate surface area is 128 Å². The minimum absolute atomic E-state index is 0.0383. The summed E-state index contributed by atoms with van der Waals surface area (Å²) in [5, 5.41) is 13.0. The lowest BCUT2D eigenvalue weighted by Gasteiger charge is -2.26. The van der Waals surface area contributed by atoms with Crippen LogP contribution in [0.25, 0.3) is 10.9 Å². The molecule has 0 saturated heterocycles. The number of carbonyl (C=O) groups excluding carboxylic acids is 1. The van der Waals surface area contributed by atoms with Crippen molar-refractivity contribution in [2.45, 2.75) is 31.7 Å². The highest BCUT2D eigenvalue weighted by molar-refractivity contribution is 5.95. The van der Waals surface area contributed by atoms with Crippen LogP contribution in [-0.4, -0.2) is 28.0 Å². The summed E-state index contributed by atoms with van der Waals surface area (Å²) < 4.78 is 0. The van der Waals surface area contributed by atoms with Crippen molar-refractivity contribution >= 4 is 22.8 Å². The number of para-hydroxylation sites is 1. The van der Waals surface area contributed by atoms with E-state index in [0.29, 0.717) is 31.4 Å². The molecule has 0 bridgehead atoms. The maximum atomic E-state index is 12.3. The van der Waals surface area contributed by atoms with Crippen molar-refractivity contribution in [3.05, 3.63) is 42.1 Å². The summed E-state index contributed by atoms with van der Waals surface area (Å²) in [6, 6.07) is 11.3. The minimum Gasteiger partial charge on any atom is -0.481 e. The van der Waals surface area contributed by atoms with Gasteiger partial charge in [-0.3, -0.25) is 9.59 Å². The Bertz CT molecular complexity index is 706. The summed E-state index contributed by atoms with van der Waals surface area (Å²) in [7, 11) is 0. The predicted molar refractivity (Wildman–Crippen MR) is 82.6 cm³/mol. The molecule has 1 fully saturated rings. The molecular formula is C17H18N2O3. The lowest BCUT2D eigenvalue weighted by Crippen LogP contribution is -2.39. The fourth-order valence-corrected chi connectivity index (χ4v) is 2.94. The molecule has 2 aromatic rings. The number of carbonyl (C=O) groups is 2. The Morgan fingerprint density at radius 3 is 2.50 bits per heavy atom. The van der Waals surface area contributed by atoms with Gasteiger partial charge in [-0.15, -0.1) is 0 Å². The second kappa shape index (κ2) is 6.13. The van der Waals surface area contributed by atoms with E-state index in [9.17, 15) is 9.59 Å². The standard InChI is InChI=1S/C17H18N2O3/c20-16(18-13-8-5-12(6-9-13)17(21)22)15-10-7-11-3-1-2-4-14(11)19-15/h1-4,7,10,12-13H,5-6,8-9H2,(H,18,20)(H,21,22). The van der Waals surface area contributed by atoms with Crippen molar-refractivity contribution in [3.8, 4) is 0 Å². The molecule has 0 aliphatic heterocycles. The molecule has 0 unspecified atom stereocenters. The maximum absolute atomic E-state index is 12.3. The van der Waals surface area contributed by atoms with Crippen LogP contribution in [0.2, 0.25) is 0 Å². The normalized spacial score (nSPS) is 21.5. The molecule has 1 heterocycles. The van der Waals surface area contributed by atoms with E-state index < -0.39 is 5.97 Å². The Morgan fingerprint density at radius 2 is 1.77 bits per heavy atom. The van der Waals surface area contributed by atoms with Gasteiger partial charge >= 0.3 is 5.97 Å². The van der Waals surface area contributed by atoms with Gasteiger partial charge in [0.25, 0.3) is 5.91 Å². The second-order valence-corrected chi connectivity index (χ2v) is 5.75. The molecular weight excluding hydrogens is 280 g/mol. The van der Waals surface area contributed by atoms with E-state index in [1.165, 1.54) is 0 Å². The molecule has 1 aliphatic carbocycles. The van der Waals surface area contributed by atoms with E-state index in [-0.39, 0.29) is 17.9 Å². The van der Waals surface area contributed by atoms with Gasteiger partial charge in [-0.1, -0.05) is 24.3 Å². The fourth-order valence-electron chi connectivity index (χ4n) is 2.94. The number of aromatic nitrogens is 1. The molecule has 5 heteroatoms. The van der Waals surface area contributed by atoms with Gasteiger partial charge in [0, 0.05) is 11.4 Å². The molecule has 22 heavy (non-hydrogen) atoms. The summed E-state index contributed by atoms with van der Waals surface area (Å²) in [5.41, 5.74) is 1.20. The number of nitrogens with one attached hydrogen (secondary N) is 1. The minimum atomic E-state index is -0.735. The van der Waals surface area contributed by atoms with Gasteiger partial charge in [0.15, 0.2) is 0 Å². The number of hydrogen-bond donors (Lipinski definition) is 2. The highest BCUT2D eigenvalue weighted by Crippen LogP contribution is 2.24. The van der Waals surface area contributed by atoms with E-state index >= 15 is 0 Å². The van der Waals surface area contributed by atoms with E-state index in [2.05, 4.69) is 10.3 Å². The first kappa shape index (κ1) is 14.5. The van der Waals surface area contributed by atoms with Crippen LogP contribution in [0.4, 0.5) is 0 Å². The van der Waals surface area contributed by atoms with Gasteiger partial charge in [-0.05, 0) is 37.8 Å². The van der Waals surface area contributed by atoms with Gasteiger partial charge in [0.1, 0.15) is 5.69 Å². The van der Waals surface area contributed by atoms with E-state index in [1.807, 2.05) is 30.3 Å². The van der Waals surface area contributed by atoms with Crippen LogP contribution in [0.5, 0.6) is 0 Å². The van der Waals surface area contributed by atoms with E-state index in [4.69, 9.17) is 5.11 Å². The topological polar surface area (TPSA) is 79.3 Å². The van der Waals surface area contributed by atoms with Crippen molar-refractivity contribution in [1.82, 2.24) is 10.3 Å². The largest absolute Gasteiger partial charge is 0.481 e. The maximum Gasteiger partial charge on any atom is 0.306 e. The molecule has 2 N–H and O–H groups in total. The van der Waals surface area contributed by atoms with Crippen molar-refractivity contribution in [3.63, 3.8) is 0 Å². The number of amides is 1. The molecule has 114 valence electrons. The fraction of sp³-hybridized carbons (Fsp3) is 0.353. The first-order valence-corrected chi connectivity index (χ1v) is 7.53.